The minimum atomic E-state index is -3.16. The first-order valence-electron chi connectivity index (χ1n) is 7.04. The van der Waals surface area contributed by atoms with Gasteiger partial charge in [0.2, 0.25) is 0 Å². The van der Waals surface area contributed by atoms with E-state index in [0.717, 1.165) is 6.26 Å². The number of carbonyl (C=O) groups excluding carboxylic acids is 1. The van der Waals surface area contributed by atoms with Crippen molar-refractivity contribution in [2.75, 3.05) is 19.1 Å². The maximum atomic E-state index is 13.6. The number of rotatable bonds is 6. The largest absolute Gasteiger partial charge is 0.335 e. The third kappa shape index (κ3) is 6.01. The molecule has 0 spiro atoms. The smallest absolute Gasteiger partial charge is 0.317 e. The highest BCUT2D eigenvalue weighted by atomic mass is 32.2. The average molecular weight is 330 g/mol. The van der Waals surface area contributed by atoms with Crippen LogP contribution >= 0.6 is 0 Å². The summed E-state index contributed by atoms with van der Waals surface area (Å²) in [7, 11) is -1.61. The highest BCUT2D eigenvalue weighted by Crippen LogP contribution is 2.09. The lowest BCUT2D eigenvalue weighted by Gasteiger charge is -2.26. The molecule has 22 heavy (non-hydrogen) atoms. The lowest BCUT2D eigenvalue weighted by atomic mass is 10.1. The standard InChI is InChI=1S/C15H23FN2O3S/c1-11(9-13-7-5-6-8-14(13)16)17-15(19)18(3)12(2)10-22(4,20)21/h5-8,11-12H,9-10H2,1-4H3,(H,17,19)/t11-,12+/m0/s1. The van der Waals surface area contributed by atoms with Gasteiger partial charge in [-0.3, -0.25) is 0 Å². The van der Waals surface area contributed by atoms with Crippen LogP contribution in [0.25, 0.3) is 0 Å². The van der Waals surface area contributed by atoms with Gasteiger partial charge in [-0.05, 0) is 31.9 Å². The van der Waals surface area contributed by atoms with Crippen molar-refractivity contribution in [3.05, 3.63) is 35.6 Å². The minimum absolute atomic E-state index is 0.0986. The van der Waals surface area contributed by atoms with E-state index in [0.29, 0.717) is 12.0 Å². The molecule has 1 rings (SSSR count). The predicted octanol–water partition coefficient (Wildman–Crippen LogP) is 1.83. The molecule has 124 valence electrons. The Hall–Kier alpha value is -1.63. The molecule has 2 atom stereocenters. The fourth-order valence-electron chi connectivity index (χ4n) is 2.11. The number of sulfone groups is 1. The molecule has 0 aliphatic carbocycles. The number of nitrogens with zero attached hydrogens (tertiary/aromatic N) is 1. The van der Waals surface area contributed by atoms with E-state index >= 15 is 0 Å². The van der Waals surface area contributed by atoms with E-state index in [4.69, 9.17) is 0 Å². The summed E-state index contributed by atoms with van der Waals surface area (Å²) in [5.41, 5.74) is 0.530. The van der Waals surface area contributed by atoms with Gasteiger partial charge in [0.1, 0.15) is 15.7 Å². The molecule has 0 fully saturated rings. The van der Waals surface area contributed by atoms with E-state index in [1.807, 2.05) is 0 Å². The monoisotopic (exact) mass is 330 g/mol. The van der Waals surface area contributed by atoms with E-state index in [1.165, 1.54) is 11.0 Å². The Morgan fingerprint density at radius 3 is 2.45 bits per heavy atom. The lowest BCUT2D eigenvalue weighted by molar-refractivity contribution is 0.194. The van der Waals surface area contributed by atoms with Crippen molar-refractivity contribution in [3.63, 3.8) is 0 Å². The Labute approximate surface area is 131 Å². The third-order valence-electron chi connectivity index (χ3n) is 3.38. The number of amides is 2. The molecule has 0 aromatic heterocycles. The van der Waals surface area contributed by atoms with E-state index < -0.39 is 15.9 Å². The first kappa shape index (κ1) is 18.4. The molecule has 0 unspecified atom stereocenters. The summed E-state index contributed by atoms with van der Waals surface area (Å²) in [5, 5.41) is 2.75. The van der Waals surface area contributed by atoms with Gasteiger partial charge in [-0.15, -0.1) is 0 Å². The van der Waals surface area contributed by atoms with Crippen LogP contribution in [0.2, 0.25) is 0 Å². The highest BCUT2D eigenvalue weighted by molar-refractivity contribution is 7.90. The molecule has 0 saturated heterocycles. The number of benzene rings is 1. The summed E-state index contributed by atoms with van der Waals surface area (Å²) in [6.07, 6.45) is 1.50. The van der Waals surface area contributed by atoms with Gasteiger partial charge in [-0.25, -0.2) is 17.6 Å². The quantitative estimate of drug-likeness (QED) is 0.865. The van der Waals surface area contributed by atoms with Crippen molar-refractivity contribution in [1.29, 1.82) is 0 Å². The van der Waals surface area contributed by atoms with Crippen molar-refractivity contribution in [2.24, 2.45) is 0 Å². The van der Waals surface area contributed by atoms with Gasteiger partial charge in [-0.1, -0.05) is 18.2 Å². The van der Waals surface area contributed by atoms with E-state index in [-0.39, 0.29) is 23.6 Å². The van der Waals surface area contributed by atoms with Gasteiger partial charge in [-0.2, -0.15) is 0 Å². The van der Waals surface area contributed by atoms with Crippen LogP contribution in [0.15, 0.2) is 24.3 Å². The highest BCUT2D eigenvalue weighted by Gasteiger charge is 2.21. The van der Waals surface area contributed by atoms with Crippen molar-refractivity contribution in [3.8, 4) is 0 Å². The van der Waals surface area contributed by atoms with Crippen LogP contribution in [0.4, 0.5) is 9.18 Å². The maximum Gasteiger partial charge on any atom is 0.317 e. The van der Waals surface area contributed by atoms with Crippen molar-refractivity contribution in [2.45, 2.75) is 32.4 Å². The molecule has 1 N–H and O–H groups in total. The normalized spacial score (nSPS) is 14.2. The Balaban J connectivity index is 2.58. The number of halogens is 1. The van der Waals surface area contributed by atoms with Crippen molar-refractivity contribution >= 4 is 15.9 Å². The molecule has 0 radical (unpaired) electrons. The van der Waals surface area contributed by atoms with Gasteiger partial charge in [0.25, 0.3) is 0 Å². The van der Waals surface area contributed by atoms with Gasteiger partial charge < -0.3 is 10.2 Å². The average Bonchev–Trinajstić information content (AvgIpc) is 2.38. The minimum Gasteiger partial charge on any atom is -0.335 e. The molecule has 0 saturated carbocycles. The van der Waals surface area contributed by atoms with Crippen molar-refractivity contribution < 1.29 is 17.6 Å². The molecule has 2 amide bonds. The second kappa shape index (κ2) is 7.58. The SMILES string of the molecule is C[C@H](CS(C)(=O)=O)N(C)C(=O)N[C@@H](C)Cc1ccccc1F. The zero-order valence-corrected chi connectivity index (χ0v) is 14.2. The van der Waals surface area contributed by atoms with Gasteiger partial charge >= 0.3 is 6.03 Å². The first-order valence-corrected chi connectivity index (χ1v) is 9.10. The molecule has 0 heterocycles. The van der Waals surface area contributed by atoms with Crippen LogP contribution in [0.3, 0.4) is 0 Å². The number of nitrogens with one attached hydrogen (secondary N) is 1. The van der Waals surface area contributed by atoms with E-state index in [9.17, 15) is 17.6 Å². The molecule has 7 heteroatoms. The lowest BCUT2D eigenvalue weighted by Crippen LogP contribution is -2.48. The van der Waals surface area contributed by atoms with E-state index in [1.54, 1.807) is 39.1 Å². The summed E-state index contributed by atoms with van der Waals surface area (Å²) in [4.78, 5) is 13.4. The Morgan fingerprint density at radius 1 is 1.32 bits per heavy atom. The zero-order chi connectivity index (χ0) is 16.9. The Kier molecular flexibility index (Phi) is 6.34. The molecule has 1 aromatic carbocycles. The number of hydrogen-bond acceptors (Lipinski definition) is 3. The summed E-state index contributed by atoms with van der Waals surface area (Å²) < 4.78 is 36.1. The summed E-state index contributed by atoms with van der Waals surface area (Å²) in [6, 6.07) is 5.33. The predicted molar refractivity (Wildman–Crippen MR) is 85.0 cm³/mol. The number of carbonyl (C=O) groups is 1. The number of hydrogen-bond donors (Lipinski definition) is 1. The summed E-state index contributed by atoms with van der Waals surface area (Å²) in [6.45, 7) is 3.45. The van der Waals surface area contributed by atoms with Crippen molar-refractivity contribution in [1.82, 2.24) is 10.2 Å². The van der Waals surface area contributed by atoms with Crippen LogP contribution in [-0.2, 0) is 16.3 Å². The van der Waals surface area contributed by atoms with E-state index in [2.05, 4.69) is 5.32 Å². The topological polar surface area (TPSA) is 66.5 Å². The first-order chi connectivity index (χ1) is 10.1. The van der Waals surface area contributed by atoms with Crippen LogP contribution in [0.5, 0.6) is 0 Å². The van der Waals surface area contributed by atoms with Gasteiger partial charge in [0, 0.05) is 25.4 Å². The van der Waals surface area contributed by atoms with Crippen LogP contribution in [-0.4, -0.2) is 50.5 Å². The van der Waals surface area contributed by atoms with Gasteiger partial charge in [0.15, 0.2) is 0 Å². The molecular formula is C15H23FN2O3S. The summed E-state index contributed by atoms with van der Waals surface area (Å²) in [5.74, 6) is -0.402. The molecule has 0 bridgehead atoms. The van der Waals surface area contributed by atoms with Crippen LogP contribution < -0.4 is 5.32 Å². The Morgan fingerprint density at radius 2 is 1.91 bits per heavy atom. The second-order valence-corrected chi connectivity index (χ2v) is 7.88. The second-order valence-electron chi connectivity index (χ2n) is 5.70. The number of urea groups is 1. The van der Waals surface area contributed by atoms with Gasteiger partial charge in [0.05, 0.1) is 5.75 Å². The molecule has 0 aliphatic rings. The van der Waals surface area contributed by atoms with Crippen LogP contribution in [0, 0.1) is 5.82 Å². The Bertz CT molecular complexity index is 619. The maximum absolute atomic E-state index is 13.6. The molecular weight excluding hydrogens is 307 g/mol. The zero-order valence-electron chi connectivity index (χ0n) is 13.3. The third-order valence-corrected chi connectivity index (χ3v) is 4.47. The fourth-order valence-corrected chi connectivity index (χ4v) is 3.21. The molecule has 5 nitrogen and oxygen atoms in total. The fraction of sp³-hybridized carbons (Fsp3) is 0.533. The summed E-state index contributed by atoms with van der Waals surface area (Å²) >= 11 is 0. The molecule has 1 aromatic rings. The molecule has 0 aliphatic heterocycles. The van der Waals surface area contributed by atoms with Crippen LogP contribution in [0.1, 0.15) is 19.4 Å².